The van der Waals surface area contributed by atoms with Crippen LogP contribution in [-0.2, 0) is 16.1 Å². The van der Waals surface area contributed by atoms with E-state index >= 15 is 0 Å². The molecule has 6 nitrogen and oxygen atoms in total. The first-order valence-electron chi connectivity index (χ1n) is 5.81. The molecule has 1 aromatic carbocycles. The standard InChI is InChI=1S/C13H17N3O3/c1-18-12-3-2-10(7-14)6-11(12)8-16-4-5-19-9-13(15)17/h2-3,6,16H,4-5,8-9H2,1H3,(H2,15,17). The smallest absolute Gasteiger partial charge is 0.243 e. The zero-order chi connectivity index (χ0) is 14.1. The van der Waals surface area contributed by atoms with Gasteiger partial charge in [0.2, 0.25) is 5.91 Å². The van der Waals surface area contributed by atoms with Crippen molar-refractivity contribution in [3.63, 3.8) is 0 Å². The van der Waals surface area contributed by atoms with E-state index < -0.39 is 5.91 Å². The number of benzene rings is 1. The second-order valence-electron chi connectivity index (χ2n) is 3.83. The lowest BCUT2D eigenvalue weighted by Gasteiger charge is -2.10. The predicted octanol–water partition coefficient (Wildman–Crippen LogP) is 0.158. The molecule has 0 fully saturated rings. The average Bonchev–Trinajstić information content (AvgIpc) is 2.42. The topological polar surface area (TPSA) is 97.4 Å². The Morgan fingerprint density at radius 2 is 2.32 bits per heavy atom. The van der Waals surface area contributed by atoms with E-state index in [0.29, 0.717) is 25.3 Å². The Hall–Kier alpha value is -2.10. The maximum absolute atomic E-state index is 10.4. The van der Waals surface area contributed by atoms with Crippen LogP contribution in [0.2, 0.25) is 0 Å². The Bertz CT molecular complexity index is 469. The van der Waals surface area contributed by atoms with Crippen LogP contribution in [0.1, 0.15) is 11.1 Å². The molecule has 0 spiro atoms. The van der Waals surface area contributed by atoms with Crippen molar-refractivity contribution in [1.29, 1.82) is 5.26 Å². The predicted molar refractivity (Wildman–Crippen MR) is 69.4 cm³/mol. The number of primary amides is 1. The molecule has 3 N–H and O–H groups in total. The average molecular weight is 263 g/mol. The molecule has 0 unspecified atom stereocenters. The summed E-state index contributed by atoms with van der Waals surface area (Å²) in [6, 6.07) is 7.33. The normalized spacial score (nSPS) is 9.89. The maximum Gasteiger partial charge on any atom is 0.243 e. The van der Waals surface area contributed by atoms with Gasteiger partial charge in [-0.05, 0) is 18.2 Å². The fourth-order valence-corrected chi connectivity index (χ4v) is 1.53. The van der Waals surface area contributed by atoms with Crippen molar-refractivity contribution in [3.05, 3.63) is 29.3 Å². The third-order valence-corrected chi connectivity index (χ3v) is 2.39. The van der Waals surface area contributed by atoms with Crippen LogP contribution in [-0.4, -0.2) is 32.8 Å². The molecule has 19 heavy (non-hydrogen) atoms. The third kappa shape index (κ3) is 5.38. The zero-order valence-corrected chi connectivity index (χ0v) is 10.8. The maximum atomic E-state index is 10.4. The quantitative estimate of drug-likeness (QED) is 0.651. The lowest BCUT2D eigenvalue weighted by atomic mass is 10.1. The van der Waals surface area contributed by atoms with E-state index in [4.69, 9.17) is 20.5 Å². The molecule has 0 heterocycles. The van der Waals surface area contributed by atoms with Gasteiger partial charge < -0.3 is 20.5 Å². The van der Waals surface area contributed by atoms with Crippen LogP contribution in [0.4, 0.5) is 0 Å². The zero-order valence-electron chi connectivity index (χ0n) is 10.8. The number of hydrogen-bond acceptors (Lipinski definition) is 5. The van der Waals surface area contributed by atoms with Gasteiger partial charge in [0, 0.05) is 18.7 Å². The molecule has 0 saturated heterocycles. The van der Waals surface area contributed by atoms with Crippen molar-refractivity contribution in [2.75, 3.05) is 26.9 Å². The monoisotopic (exact) mass is 263 g/mol. The van der Waals surface area contributed by atoms with E-state index in [1.54, 1.807) is 25.3 Å². The summed E-state index contributed by atoms with van der Waals surface area (Å²) in [5.41, 5.74) is 6.42. The fraction of sp³-hybridized carbons (Fsp3) is 0.385. The minimum Gasteiger partial charge on any atom is -0.496 e. The summed E-state index contributed by atoms with van der Waals surface area (Å²) in [4.78, 5) is 10.4. The van der Waals surface area contributed by atoms with Crippen LogP contribution in [0.3, 0.4) is 0 Å². The van der Waals surface area contributed by atoms with E-state index in [2.05, 4.69) is 11.4 Å². The Balaban J connectivity index is 2.40. The number of nitriles is 1. The van der Waals surface area contributed by atoms with Crippen molar-refractivity contribution in [2.24, 2.45) is 5.73 Å². The summed E-state index contributed by atoms with van der Waals surface area (Å²) in [6.45, 7) is 1.45. The Morgan fingerprint density at radius 1 is 1.53 bits per heavy atom. The number of rotatable bonds is 8. The molecule has 0 atom stereocenters. The molecule has 0 saturated carbocycles. The Morgan fingerprint density at radius 3 is 2.95 bits per heavy atom. The number of nitrogens with zero attached hydrogens (tertiary/aromatic N) is 1. The molecule has 0 aliphatic carbocycles. The number of methoxy groups -OCH3 is 1. The highest BCUT2D eigenvalue weighted by atomic mass is 16.5. The molecular weight excluding hydrogens is 246 g/mol. The summed E-state index contributed by atoms with van der Waals surface area (Å²) in [5, 5.41) is 12.0. The first-order chi connectivity index (χ1) is 9.17. The van der Waals surface area contributed by atoms with E-state index in [1.807, 2.05) is 0 Å². The number of hydrogen-bond donors (Lipinski definition) is 2. The first-order valence-corrected chi connectivity index (χ1v) is 5.81. The molecule has 1 aromatic rings. The van der Waals surface area contributed by atoms with E-state index in [-0.39, 0.29) is 6.61 Å². The summed E-state index contributed by atoms with van der Waals surface area (Å²) in [5.74, 6) is 0.243. The second-order valence-corrected chi connectivity index (χ2v) is 3.83. The number of nitrogens with one attached hydrogen (secondary N) is 1. The van der Waals surface area contributed by atoms with Gasteiger partial charge in [-0.2, -0.15) is 5.26 Å². The Labute approximate surface area is 112 Å². The van der Waals surface area contributed by atoms with Gasteiger partial charge >= 0.3 is 0 Å². The lowest BCUT2D eigenvalue weighted by Crippen LogP contribution is -2.23. The van der Waals surface area contributed by atoms with Gasteiger partial charge in [-0.1, -0.05) is 0 Å². The van der Waals surface area contributed by atoms with Crippen molar-refractivity contribution >= 4 is 5.91 Å². The summed E-state index contributed by atoms with van der Waals surface area (Å²) in [7, 11) is 1.58. The van der Waals surface area contributed by atoms with Gasteiger partial charge in [0.15, 0.2) is 0 Å². The highest BCUT2D eigenvalue weighted by Gasteiger charge is 2.04. The number of ether oxygens (including phenoxy) is 2. The molecule has 0 aliphatic rings. The molecule has 1 amide bonds. The molecular formula is C13H17N3O3. The molecule has 102 valence electrons. The largest absolute Gasteiger partial charge is 0.496 e. The number of carbonyl (C=O) groups is 1. The van der Waals surface area contributed by atoms with Crippen molar-refractivity contribution in [1.82, 2.24) is 5.32 Å². The first kappa shape index (κ1) is 15.0. The molecule has 0 bridgehead atoms. The summed E-state index contributed by atoms with van der Waals surface area (Å²) >= 11 is 0. The molecule has 0 aliphatic heterocycles. The van der Waals surface area contributed by atoms with E-state index in [9.17, 15) is 4.79 Å². The summed E-state index contributed by atoms with van der Waals surface area (Å²) < 4.78 is 10.2. The number of carbonyl (C=O) groups excluding carboxylic acids is 1. The Kier molecular flexibility index (Phi) is 6.36. The van der Waals surface area contributed by atoms with Gasteiger partial charge in [0.1, 0.15) is 12.4 Å². The fourth-order valence-electron chi connectivity index (χ4n) is 1.53. The van der Waals surface area contributed by atoms with Crippen LogP contribution in [0.15, 0.2) is 18.2 Å². The van der Waals surface area contributed by atoms with Crippen molar-refractivity contribution in [2.45, 2.75) is 6.54 Å². The highest BCUT2D eigenvalue weighted by molar-refractivity contribution is 5.74. The number of amides is 1. The van der Waals surface area contributed by atoms with Gasteiger partial charge in [-0.3, -0.25) is 4.79 Å². The van der Waals surface area contributed by atoms with Gasteiger partial charge in [0.25, 0.3) is 0 Å². The van der Waals surface area contributed by atoms with Gasteiger partial charge in [-0.15, -0.1) is 0 Å². The van der Waals surface area contributed by atoms with Crippen molar-refractivity contribution < 1.29 is 14.3 Å². The second kappa shape index (κ2) is 8.08. The van der Waals surface area contributed by atoms with Gasteiger partial charge in [-0.25, -0.2) is 0 Å². The van der Waals surface area contributed by atoms with Crippen LogP contribution in [0.5, 0.6) is 5.75 Å². The summed E-state index contributed by atoms with van der Waals surface area (Å²) in [6.07, 6.45) is 0. The van der Waals surface area contributed by atoms with Crippen molar-refractivity contribution in [3.8, 4) is 11.8 Å². The number of nitrogens with two attached hydrogens (primary N) is 1. The lowest BCUT2D eigenvalue weighted by molar-refractivity contribution is -0.122. The minimum absolute atomic E-state index is 0.0745. The SMILES string of the molecule is COc1ccc(C#N)cc1CNCCOCC(N)=O. The molecule has 0 radical (unpaired) electrons. The minimum atomic E-state index is -0.483. The molecule has 1 rings (SSSR count). The van der Waals surface area contributed by atoms with E-state index in [0.717, 1.165) is 11.3 Å². The van der Waals surface area contributed by atoms with Crippen LogP contribution in [0.25, 0.3) is 0 Å². The van der Waals surface area contributed by atoms with E-state index in [1.165, 1.54) is 0 Å². The van der Waals surface area contributed by atoms with Crippen LogP contribution in [0, 0.1) is 11.3 Å². The van der Waals surface area contributed by atoms with Gasteiger partial charge in [0.05, 0.1) is 25.3 Å². The van der Waals surface area contributed by atoms with Crippen LogP contribution >= 0.6 is 0 Å². The van der Waals surface area contributed by atoms with Crippen LogP contribution < -0.4 is 15.8 Å². The highest BCUT2D eigenvalue weighted by Crippen LogP contribution is 2.19. The molecule has 6 heteroatoms. The molecule has 0 aromatic heterocycles. The third-order valence-electron chi connectivity index (χ3n) is 2.39.